The minimum Gasteiger partial charge on any atom is -0.481 e. The Morgan fingerprint density at radius 1 is 1.12 bits per heavy atom. The summed E-state index contributed by atoms with van der Waals surface area (Å²) in [6.07, 6.45) is 0.0937. The second-order valence-electron chi connectivity index (χ2n) is 9.19. The molecule has 1 saturated carbocycles. The van der Waals surface area contributed by atoms with Gasteiger partial charge in [0.05, 0.1) is 11.3 Å². The molecule has 166 valence electrons. The number of hydrogen-bond donors (Lipinski definition) is 2. The van der Waals surface area contributed by atoms with Gasteiger partial charge in [0.15, 0.2) is 0 Å². The maximum atomic E-state index is 12.7. The summed E-state index contributed by atoms with van der Waals surface area (Å²) in [5, 5.41) is 12.1. The molecule has 2 aliphatic carbocycles. The van der Waals surface area contributed by atoms with Gasteiger partial charge in [-0.1, -0.05) is 55.5 Å². The molecule has 1 heterocycles. The molecular weight excluding hydrogens is 408 g/mol. The van der Waals surface area contributed by atoms with Crippen LogP contribution in [0.1, 0.15) is 30.4 Å². The molecule has 2 N–H and O–H groups in total. The molecule has 3 unspecified atom stereocenters. The molecular formula is C25H26N2O5. The molecule has 5 rings (SSSR count). The van der Waals surface area contributed by atoms with Gasteiger partial charge in [-0.2, -0.15) is 0 Å². The number of alkyl carbamates (subject to hydrolysis) is 1. The zero-order valence-electron chi connectivity index (χ0n) is 17.9. The number of carboxylic acid groups (broad SMARTS) is 1. The lowest BCUT2D eigenvalue weighted by Gasteiger charge is -2.23. The molecule has 2 aromatic carbocycles. The van der Waals surface area contributed by atoms with Crippen molar-refractivity contribution in [2.45, 2.75) is 19.3 Å². The summed E-state index contributed by atoms with van der Waals surface area (Å²) in [6, 6.07) is 16.3. The third kappa shape index (κ3) is 3.32. The van der Waals surface area contributed by atoms with Gasteiger partial charge in [-0.3, -0.25) is 9.59 Å². The van der Waals surface area contributed by atoms with Crippen LogP contribution in [0.5, 0.6) is 0 Å². The number of amides is 2. The van der Waals surface area contributed by atoms with Gasteiger partial charge in [-0.15, -0.1) is 0 Å². The molecule has 2 amide bonds. The van der Waals surface area contributed by atoms with Crippen molar-refractivity contribution in [2.75, 3.05) is 26.2 Å². The smallest absolute Gasteiger partial charge is 0.407 e. The van der Waals surface area contributed by atoms with Gasteiger partial charge in [0, 0.05) is 25.6 Å². The van der Waals surface area contributed by atoms with Crippen molar-refractivity contribution in [3.63, 3.8) is 0 Å². The van der Waals surface area contributed by atoms with Crippen molar-refractivity contribution >= 4 is 18.0 Å². The van der Waals surface area contributed by atoms with Crippen LogP contribution >= 0.6 is 0 Å². The quantitative estimate of drug-likeness (QED) is 0.728. The van der Waals surface area contributed by atoms with Crippen LogP contribution < -0.4 is 5.32 Å². The first kappa shape index (κ1) is 20.5. The van der Waals surface area contributed by atoms with E-state index in [1.54, 1.807) is 11.8 Å². The van der Waals surface area contributed by atoms with E-state index >= 15 is 0 Å². The van der Waals surface area contributed by atoms with Crippen LogP contribution in [-0.2, 0) is 14.3 Å². The molecule has 3 aliphatic rings. The number of nitrogens with one attached hydrogen (secondary N) is 1. The van der Waals surface area contributed by atoms with Crippen molar-refractivity contribution in [2.24, 2.45) is 17.3 Å². The van der Waals surface area contributed by atoms with Gasteiger partial charge in [0.2, 0.25) is 5.91 Å². The normalized spacial score (nSPS) is 23.7. The molecule has 0 aromatic heterocycles. The van der Waals surface area contributed by atoms with Crippen molar-refractivity contribution in [1.82, 2.24) is 10.2 Å². The molecule has 7 heteroatoms. The molecule has 2 aromatic rings. The lowest BCUT2D eigenvalue weighted by molar-refractivity contribution is -0.144. The predicted molar refractivity (Wildman–Crippen MR) is 117 cm³/mol. The maximum Gasteiger partial charge on any atom is 0.407 e. The molecule has 0 spiro atoms. The van der Waals surface area contributed by atoms with Gasteiger partial charge in [0.25, 0.3) is 0 Å². The fraction of sp³-hybridized carbons (Fsp3) is 0.400. The Morgan fingerprint density at radius 2 is 1.75 bits per heavy atom. The molecule has 0 bridgehead atoms. The summed E-state index contributed by atoms with van der Waals surface area (Å²) >= 11 is 0. The highest BCUT2D eigenvalue weighted by molar-refractivity contribution is 5.85. The van der Waals surface area contributed by atoms with Gasteiger partial charge in [-0.05, 0) is 34.6 Å². The highest BCUT2D eigenvalue weighted by Gasteiger charge is 2.66. The molecule has 1 aliphatic heterocycles. The van der Waals surface area contributed by atoms with E-state index in [0.717, 1.165) is 11.1 Å². The van der Waals surface area contributed by atoms with E-state index in [4.69, 9.17) is 4.74 Å². The summed E-state index contributed by atoms with van der Waals surface area (Å²) < 4.78 is 5.51. The summed E-state index contributed by atoms with van der Waals surface area (Å²) in [5.41, 5.74) is 3.88. The van der Waals surface area contributed by atoms with E-state index < -0.39 is 23.4 Å². The molecule has 0 radical (unpaired) electrons. The molecule has 3 atom stereocenters. The third-order valence-corrected chi connectivity index (χ3v) is 7.20. The number of rotatable bonds is 6. The van der Waals surface area contributed by atoms with Crippen LogP contribution in [-0.4, -0.2) is 54.2 Å². The Balaban J connectivity index is 1.14. The fourth-order valence-corrected chi connectivity index (χ4v) is 5.27. The minimum atomic E-state index is -0.817. The number of aliphatic carboxylic acids is 1. The SMILES string of the molecule is CC(CNC(=O)OCC1c2ccccc2-c2ccccc21)C(=O)N1CC2CC2(C(=O)O)C1. The van der Waals surface area contributed by atoms with Crippen molar-refractivity contribution < 1.29 is 24.2 Å². The Hall–Kier alpha value is -3.35. The van der Waals surface area contributed by atoms with Gasteiger partial charge in [-0.25, -0.2) is 4.79 Å². The van der Waals surface area contributed by atoms with Gasteiger partial charge in [0.1, 0.15) is 6.61 Å². The number of carbonyl (C=O) groups is 3. The summed E-state index contributed by atoms with van der Waals surface area (Å²) in [6.45, 7) is 2.86. The molecule has 7 nitrogen and oxygen atoms in total. The monoisotopic (exact) mass is 434 g/mol. The highest BCUT2D eigenvalue weighted by Crippen LogP contribution is 2.58. The lowest BCUT2D eigenvalue weighted by Crippen LogP contribution is -2.41. The van der Waals surface area contributed by atoms with E-state index in [2.05, 4.69) is 29.6 Å². The summed E-state index contributed by atoms with van der Waals surface area (Å²) in [5.74, 6) is -1.35. The number of hydrogen-bond acceptors (Lipinski definition) is 4. The van der Waals surface area contributed by atoms with Gasteiger partial charge >= 0.3 is 12.1 Å². The van der Waals surface area contributed by atoms with Crippen LogP contribution in [0.2, 0.25) is 0 Å². The first-order chi connectivity index (χ1) is 15.4. The average molecular weight is 434 g/mol. The van der Waals surface area contributed by atoms with E-state index in [1.807, 2.05) is 24.3 Å². The molecule has 1 saturated heterocycles. The second kappa shape index (κ2) is 7.65. The number of fused-ring (bicyclic) bond motifs is 4. The van der Waals surface area contributed by atoms with Crippen LogP contribution in [0.4, 0.5) is 4.79 Å². The number of carboxylic acids is 1. The summed E-state index contributed by atoms with van der Waals surface area (Å²) in [4.78, 5) is 38.1. The topological polar surface area (TPSA) is 95.9 Å². The summed E-state index contributed by atoms with van der Waals surface area (Å²) in [7, 11) is 0. The predicted octanol–water partition coefficient (Wildman–Crippen LogP) is 3.09. The number of piperidine rings is 1. The van der Waals surface area contributed by atoms with E-state index in [9.17, 15) is 19.5 Å². The van der Waals surface area contributed by atoms with Crippen LogP contribution in [0.25, 0.3) is 11.1 Å². The van der Waals surface area contributed by atoms with Gasteiger partial charge < -0.3 is 20.1 Å². The maximum absolute atomic E-state index is 12.7. The third-order valence-electron chi connectivity index (χ3n) is 7.20. The van der Waals surface area contributed by atoms with Crippen molar-refractivity contribution in [3.05, 3.63) is 59.7 Å². The number of ether oxygens (including phenoxy) is 1. The van der Waals surface area contributed by atoms with Crippen LogP contribution in [0.3, 0.4) is 0 Å². The number of likely N-dealkylation sites (tertiary alicyclic amines) is 1. The molecule has 2 fully saturated rings. The minimum absolute atomic E-state index is 0.0178. The van der Waals surface area contributed by atoms with E-state index in [1.165, 1.54) is 11.1 Å². The molecule has 32 heavy (non-hydrogen) atoms. The Kier molecular flexibility index (Phi) is 4.92. The number of carbonyl (C=O) groups excluding carboxylic acids is 2. The van der Waals surface area contributed by atoms with Crippen LogP contribution in [0.15, 0.2) is 48.5 Å². The second-order valence-corrected chi connectivity index (χ2v) is 9.19. The van der Waals surface area contributed by atoms with Crippen molar-refractivity contribution in [3.8, 4) is 11.1 Å². The van der Waals surface area contributed by atoms with E-state index in [-0.39, 0.29) is 37.4 Å². The standard InChI is InChI=1S/C25H26N2O5/c1-15(22(28)27-12-16-10-25(16,14-27)23(29)30)11-26-24(31)32-13-21-19-8-4-2-6-17(19)18-7-3-5-9-20(18)21/h2-9,15-16,21H,10-14H2,1H3,(H,26,31)(H,29,30). The highest BCUT2D eigenvalue weighted by atomic mass is 16.5. The van der Waals surface area contributed by atoms with Crippen molar-refractivity contribution in [1.29, 1.82) is 0 Å². The first-order valence-corrected chi connectivity index (χ1v) is 11.0. The van der Waals surface area contributed by atoms with Crippen LogP contribution in [0, 0.1) is 17.3 Å². The Labute approximate surface area is 186 Å². The lowest BCUT2D eigenvalue weighted by atomic mass is 9.98. The zero-order chi connectivity index (χ0) is 22.5. The fourth-order valence-electron chi connectivity index (χ4n) is 5.27. The van der Waals surface area contributed by atoms with E-state index in [0.29, 0.717) is 13.0 Å². The Morgan fingerprint density at radius 3 is 2.34 bits per heavy atom. The first-order valence-electron chi connectivity index (χ1n) is 11.0. The largest absolute Gasteiger partial charge is 0.481 e. The Bertz CT molecular complexity index is 1050. The zero-order valence-corrected chi connectivity index (χ0v) is 17.9. The number of benzene rings is 2. The number of nitrogens with zero attached hydrogens (tertiary/aromatic N) is 1. The average Bonchev–Trinajstić information content (AvgIpc) is 3.23.